The van der Waals surface area contributed by atoms with Crippen molar-refractivity contribution in [3.63, 3.8) is 0 Å². The highest BCUT2D eigenvalue weighted by molar-refractivity contribution is 8.00. The quantitative estimate of drug-likeness (QED) is 0.333. The number of methoxy groups -OCH3 is 1. The smallest absolute Gasteiger partial charge is 0.307 e. The lowest BCUT2D eigenvalue weighted by molar-refractivity contribution is -0.140. The van der Waals surface area contributed by atoms with Gasteiger partial charge in [0.15, 0.2) is 5.96 Å². The average Bonchev–Trinajstić information content (AvgIpc) is 2.53. The van der Waals surface area contributed by atoms with Gasteiger partial charge in [-0.2, -0.15) is 0 Å². The number of hydrogen-bond donors (Lipinski definition) is 2. The van der Waals surface area contributed by atoms with Crippen molar-refractivity contribution in [2.45, 2.75) is 30.4 Å². The molecular weight excluding hydrogens is 298 g/mol. The Morgan fingerprint density at radius 3 is 2.68 bits per heavy atom. The van der Waals surface area contributed by atoms with E-state index in [1.807, 2.05) is 25.1 Å². The molecule has 22 heavy (non-hydrogen) atoms. The molecule has 0 saturated heterocycles. The summed E-state index contributed by atoms with van der Waals surface area (Å²) in [6.45, 7) is 6.16. The summed E-state index contributed by atoms with van der Waals surface area (Å²) in [5.41, 5.74) is 0. The largest absolute Gasteiger partial charge is 0.469 e. The Bertz CT molecular complexity index is 466. The van der Waals surface area contributed by atoms with Gasteiger partial charge in [0.25, 0.3) is 0 Å². The molecule has 1 rings (SSSR count). The molecule has 1 aromatic carbocycles. The Labute approximate surface area is 136 Å². The van der Waals surface area contributed by atoms with Crippen LogP contribution in [0, 0.1) is 0 Å². The Balaban J connectivity index is 2.41. The lowest BCUT2D eigenvalue weighted by Crippen LogP contribution is -2.38. The number of guanidine groups is 1. The third-order valence-corrected chi connectivity index (χ3v) is 3.88. The van der Waals surface area contributed by atoms with Gasteiger partial charge in [-0.05, 0) is 19.1 Å². The minimum atomic E-state index is -0.226. The van der Waals surface area contributed by atoms with E-state index in [2.05, 4.69) is 39.4 Å². The molecule has 1 aromatic rings. The van der Waals surface area contributed by atoms with Crippen LogP contribution in [0.4, 0.5) is 0 Å². The maximum absolute atomic E-state index is 11.1. The number of ether oxygens (including phenoxy) is 1. The van der Waals surface area contributed by atoms with Crippen molar-refractivity contribution in [2.24, 2.45) is 4.99 Å². The van der Waals surface area contributed by atoms with E-state index >= 15 is 0 Å². The first kappa shape index (κ1) is 18.4. The zero-order valence-electron chi connectivity index (χ0n) is 13.5. The highest BCUT2D eigenvalue weighted by atomic mass is 32.2. The molecule has 0 aliphatic heterocycles. The standard InChI is InChI=1S/C16H25N3O2S/c1-4-17-16(18-11-10-15(20)21-3)19-12-13(2)22-14-8-6-5-7-9-14/h5-9,13H,4,10-12H2,1-3H3,(H2,17,18,19). The van der Waals surface area contributed by atoms with Crippen LogP contribution in [-0.4, -0.2) is 43.9 Å². The van der Waals surface area contributed by atoms with E-state index < -0.39 is 0 Å². The number of rotatable bonds is 8. The first-order chi connectivity index (χ1) is 10.7. The van der Waals surface area contributed by atoms with Gasteiger partial charge in [-0.15, -0.1) is 11.8 Å². The third kappa shape index (κ3) is 7.93. The van der Waals surface area contributed by atoms with Crippen LogP contribution in [0.15, 0.2) is 40.2 Å². The second kappa shape index (κ2) is 11.0. The van der Waals surface area contributed by atoms with Gasteiger partial charge in [0, 0.05) is 23.2 Å². The second-order valence-electron chi connectivity index (χ2n) is 4.71. The lowest BCUT2D eigenvalue weighted by Gasteiger charge is -2.13. The molecule has 1 unspecified atom stereocenters. The maximum Gasteiger partial charge on any atom is 0.307 e. The van der Waals surface area contributed by atoms with E-state index in [4.69, 9.17) is 0 Å². The number of esters is 1. The summed E-state index contributed by atoms with van der Waals surface area (Å²) >= 11 is 1.80. The van der Waals surface area contributed by atoms with E-state index in [1.54, 1.807) is 11.8 Å². The van der Waals surface area contributed by atoms with E-state index in [0.29, 0.717) is 24.8 Å². The van der Waals surface area contributed by atoms with Crippen molar-refractivity contribution in [3.8, 4) is 0 Å². The summed E-state index contributed by atoms with van der Waals surface area (Å²) in [5.74, 6) is 0.503. The van der Waals surface area contributed by atoms with Crippen LogP contribution in [0.1, 0.15) is 20.3 Å². The van der Waals surface area contributed by atoms with E-state index in [9.17, 15) is 4.79 Å². The van der Waals surface area contributed by atoms with Crippen molar-refractivity contribution in [3.05, 3.63) is 30.3 Å². The second-order valence-corrected chi connectivity index (χ2v) is 6.23. The zero-order chi connectivity index (χ0) is 16.2. The Morgan fingerprint density at radius 2 is 2.05 bits per heavy atom. The molecule has 0 saturated carbocycles. The third-order valence-electron chi connectivity index (χ3n) is 2.78. The van der Waals surface area contributed by atoms with Crippen LogP contribution in [0.5, 0.6) is 0 Å². The molecule has 0 radical (unpaired) electrons. The molecule has 0 aliphatic rings. The van der Waals surface area contributed by atoms with Crippen molar-refractivity contribution < 1.29 is 9.53 Å². The average molecular weight is 323 g/mol. The summed E-state index contributed by atoms with van der Waals surface area (Å²) < 4.78 is 4.61. The first-order valence-corrected chi connectivity index (χ1v) is 8.34. The number of nitrogens with one attached hydrogen (secondary N) is 2. The van der Waals surface area contributed by atoms with Crippen molar-refractivity contribution in [2.75, 3.05) is 26.7 Å². The van der Waals surface area contributed by atoms with Crippen LogP contribution in [-0.2, 0) is 9.53 Å². The summed E-state index contributed by atoms with van der Waals surface area (Å²) in [6, 6.07) is 10.3. The van der Waals surface area contributed by atoms with Gasteiger partial charge < -0.3 is 15.4 Å². The maximum atomic E-state index is 11.1. The number of carbonyl (C=O) groups excluding carboxylic acids is 1. The van der Waals surface area contributed by atoms with Gasteiger partial charge in [0.1, 0.15) is 0 Å². The molecule has 1 atom stereocenters. The van der Waals surface area contributed by atoms with Crippen LogP contribution in [0.25, 0.3) is 0 Å². The monoisotopic (exact) mass is 323 g/mol. The van der Waals surface area contributed by atoms with E-state index in [-0.39, 0.29) is 5.97 Å². The predicted octanol–water partition coefficient (Wildman–Crippen LogP) is 2.29. The van der Waals surface area contributed by atoms with Gasteiger partial charge in [-0.1, -0.05) is 25.1 Å². The Kier molecular flexibility index (Phi) is 9.14. The van der Waals surface area contributed by atoms with Gasteiger partial charge in [0.2, 0.25) is 0 Å². The van der Waals surface area contributed by atoms with E-state index in [1.165, 1.54) is 12.0 Å². The van der Waals surface area contributed by atoms with Crippen molar-refractivity contribution >= 4 is 23.7 Å². The topological polar surface area (TPSA) is 62.7 Å². The Hall–Kier alpha value is -1.69. The van der Waals surface area contributed by atoms with Crippen LogP contribution < -0.4 is 10.6 Å². The number of thioether (sulfide) groups is 1. The summed E-state index contributed by atoms with van der Waals surface area (Å²) in [7, 11) is 1.39. The zero-order valence-corrected chi connectivity index (χ0v) is 14.3. The van der Waals surface area contributed by atoms with Crippen LogP contribution in [0.3, 0.4) is 0 Å². The van der Waals surface area contributed by atoms with Crippen LogP contribution >= 0.6 is 11.8 Å². The fourth-order valence-electron chi connectivity index (χ4n) is 1.72. The molecule has 122 valence electrons. The Morgan fingerprint density at radius 1 is 1.32 bits per heavy atom. The molecule has 5 nitrogen and oxygen atoms in total. The molecule has 0 aliphatic carbocycles. The fraction of sp³-hybridized carbons (Fsp3) is 0.500. The lowest BCUT2D eigenvalue weighted by atomic mass is 10.4. The highest BCUT2D eigenvalue weighted by Crippen LogP contribution is 2.22. The van der Waals surface area contributed by atoms with Crippen molar-refractivity contribution in [1.82, 2.24) is 10.6 Å². The molecule has 0 fully saturated rings. The number of hydrogen-bond acceptors (Lipinski definition) is 4. The van der Waals surface area contributed by atoms with Gasteiger partial charge in [-0.25, -0.2) is 0 Å². The normalized spacial score (nSPS) is 12.6. The molecule has 0 amide bonds. The highest BCUT2D eigenvalue weighted by Gasteiger charge is 2.05. The fourth-order valence-corrected chi connectivity index (χ4v) is 2.64. The molecule has 2 N–H and O–H groups in total. The van der Waals surface area contributed by atoms with Gasteiger partial charge in [-0.3, -0.25) is 9.79 Å². The minimum absolute atomic E-state index is 0.226. The first-order valence-electron chi connectivity index (χ1n) is 7.46. The van der Waals surface area contributed by atoms with Gasteiger partial charge in [0.05, 0.1) is 20.1 Å². The molecule has 0 heterocycles. The molecule has 0 aromatic heterocycles. The van der Waals surface area contributed by atoms with E-state index in [0.717, 1.165) is 12.5 Å². The SMILES string of the molecule is CCNC(=NCC(C)Sc1ccccc1)NCCC(=O)OC. The summed E-state index contributed by atoms with van der Waals surface area (Å²) in [4.78, 5) is 16.9. The molecule has 6 heteroatoms. The van der Waals surface area contributed by atoms with Crippen LogP contribution in [0.2, 0.25) is 0 Å². The van der Waals surface area contributed by atoms with Gasteiger partial charge >= 0.3 is 5.97 Å². The summed E-state index contributed by atoms with van der Waals surface area (Å²) in [6.07, 6.45) is 0.329. The number of benzene rings is 1. The number of nitrogens with zero attached hydrogens (tertiary/aromatic N) is 1. The van der Waals surface area contributed by atoms with Crippen molar-refractivity contribution in [1.29, 1.82) is 0 Å². The minimum Gasteiger partial charge on any atom is -0.469 e. The molecular formula is C16H25N3O2S. The molecule has 0 bridgehead atoms. The summed E-state index contributed by atoms with van der Waals surface area (Å²) in [5, 5.41) is 6.68. The number of carbonyl (C=O) groups is 1. The predicted molar refractivity (Wildman–Crippen MR) is 92.4 cm³/mol. The number of aliphatic imine (C=N–C) groups is 1. The molecule has 0 spiro atoms.